The van der Waals surface area contributed by atoms with Gasteiger partial charge in [-0.3, -0.25) is 4.79 Å². The number of benzene rings is 1. The predicted molar refractivity (Wildman–Crippen MR) is 138 cm³/mol. The van der Waals surface area contributed by atoms with E-state index in [9.17, 15) is 9.90 Å². The van der Waals surface area contributed by atoms with Crippen molar-refractivity contribution in [2.75, 3.05) is 0 Å². The number of carbonyl (C=O) groups excluding carboxylic acids is 1. The number of halogens is 2. The van der Waals surface area contributed by atoms with Gasteiger partial charge in [-0.1, -0.05) is 72.2 Å². The first-order chi connectivity index (χ1) is 15.2. The molecule has 0 saturated carbocycles. The van der Waals surface area contributed by atoms with Crippen LogP contribution in [0.15, 0.2) is 40.8 Å². The van der Waals surface area contributed by atoms with E-state index >= 15 is 0 Å². The van der Waals surface area contributed by atoms with Crippen LogP contribution in [0.4, 0.5) is 0 Å². The predicted octanol–water partition coefficient (Wildman–Crippen LogP) is 7.63. The van der Waals surface area contributed by atoms with E-state index in [0.29, 0.717) is 18.6 Å². The van der Waals surface area contributed by atoms with Crippen LogP contribution in [-0.2, 0) is 15.6 Å². The molecule has 2 unspecified atom stereocenters. The van der Waals surface area contributed by atoms with Crippen molar-refractivity contribution in [1.29, 1.82) is 0 Å². The van der Waals surface area contributed by atoms with Gasteiger partial charge in [0.25, 0.3) is 5.91 Å². The number of hydrogen-bond donors (Lipinski definition) is 2. The lowest BCUT2D eigenvalue weighted by atomic mass is 9.76. The Morgan fingerprint density at radius 1 is 1.18 bits per heavy atom. The molecular weight excluding hydrogens is 457 g/mol. The zero-order valence-corrected chi connectivity index (χ0v) is 22.7. The van der Waals surface area contributed by atoms with Crippen molar-refractivity contribution in [1.82, 2.24) is 5.32 Å². The van der Waals surface area contributed by atoms with Crippen LogP contribution in [0.2, 0.25) is 0 Å². The number of alkyl halides is 1. The molecule has 33 heavy (non-hydrogen) atoms. The molecule has 1 aliphatic rings. The van der Waals surface area contributed by atoms with Crippen molar-refractivity contribution in [2.45, 2.75) is 103 Å². The summed E-state index contributed by atoms with van der Waals surface area (Å²) in [6.07, 6.45) is 3.59. The Bertz CT molecular complexity index is 945. The number of carbonyl (C=O) groups is 1. The molecule has 2 rings (SSSR count). The van der Waals surface area contributed by atoms with Crippen LogP contribution in [0.5, 0.6) is 5.75 Å². The van der Waals surface area contributed by atoms with Gasteiger partial charge in [0.05, 0.1) is 15.6 Å². The average Bonchev–Trinajstić information content (AvgIpc) is 2.74. The first-order valence-electron chi connectivity index (χ1n) is 11.8. The Hall–Kier alpha value is -1.65. The molecule has 2 N–H and O–H groups in total. The molecule has 0 saturated heterocycles. The van der Waals surface area contributed by atoms with Gasteiger partial charge < -0.3 is 15.2 Å². The van der Waals surface area contributed by atoms with Crippen LogP contribution in [0.3, 0.4) is 0 Å². The number of rotatable bonds is 9. The molecular formula is C27H39Cl2NO3. The second-order valence-corrected chi connectivity index (χ2v) is 11.8. The van der Waals surface area contributed by atoms with E-state index in [4.69, 9.17) is 27.9 Å². The fraction of sp³-hybridized carbons (Fsp3) is 0.593. The topological polar surface area (TPSA) is 58.6 Å². The molecule has 0 fully saturated rings. The smallest absolute Gasteiger partial charge is 0.265 e. The molecule has 0 heterocycles. The van der Waals surface area contributed by atoms with Crippen molar-refractivity contribution < 1.29 is 14.6 Å². The quantitative estimate of drug-likeness (QED) is 0.346. The molecule has 1 aliphatic carbocycles. The number of nitrogens with one attached hydrogen (secondary N) is 1. The Balaban J connectivity index is 2.37. The lowest BCUT2D eigenvalue weighted by Gasteiger charge is -2.31. The summed E-state index contributed by atoms with van der Waals surface area (Å²) < 4.78 is 6.30. The minimum absolute atomic E-state index is 0.0451. The molecule has 0 bridgehead atoms. The van der Waals surface area contributed by atoms with E-state index in [-0.39, 0.29) is 33.2 Å². The number of amides is 1. The number of hydrogen-bond acceptors (Lipinski definition) is 3. The van der Waals surface area contributed by atoms with Crippen LogP contribution in [0.25, 0.3) is 0 Å². The van der Waals surface area contributed by atoms with Gasteiger partial charge >= 0.3 is 0 Å². The lowest BCUT2D eigenvalue weighted by molar-refractivity contribution is -0.127. The molecule has 1 amide bonds. The summed E-state index contributed by atoms with van der Waals surface area (Å²) in [5.41, 5.74) is 2.48. The normalized spacial score (nSPS) is 20.4. The Kier molecular flexibility index (Phi) is 8.62. The lowest BCUT2D eigenvalue weighted by Crippen LogP contribution is -2.40. The third kappa shape index (κ3) is 6.48. The second-order valence-electron chi connectivity index (χ2n) is 10.5. The van der Waals surface area contributed by atoms with Gasteiger partial charge in [0, 0.05) is 12.0 Å². The molecule has 6 heteroatoms. The van der Waals surface area contributed by atoms with Crippen molar-refractivity contribution >= 4 is 29.1 Å². The Morgan fingerprint density at radius 3 is 2.33 bits per heavy atom. The number of ether oxygens (including phenoxy) is 1. The summed E-state index contributed by atoms with van der Waals surface area (Å²) in [7, 11) is 0. The Labute approximate surface area is 209 Å². The number of allylic oxidation sites excluding steroid dienone is 2. The highest BCUT2D eigenvalue weighted by Gasteiger charge is 2.32. The maximum atomic E-state index is 13.1. The standard InChI is InChI=1S/C27H39Cl2NO3/c1-9-21(24(32)30-20-16-27(8,29)15-19(28)23(20)31)33-22-13-12-17(25(4,5)10-2)14-18(22)26(6,7)11-3/h12-14,16,21,31H,9-11,15H2,1-8H3,(H,30,32). The monoisotopic (exact) mass is 495 g/mol. The van der Waals surface area contributed by atoms with Crippen molar-refractivity contribution in [3.8, 4) is 5.75 Å². The van der Waals surface area contributed by atoms with Gasteiger partial charge in [-0.2, -0.15) is 0 Å². The number of aliphatic hydroxyl groups excluding tert-OH is 1. The Morgan fingerprint density at radius 2 is 1.79 bits per heavy atom. The molecule has 0 aromatic heterocycles. The largest absolute Gasteiger partial charge is 0.505 e. The van der Waals surface area contributed by atoms with Gasteiger partial charge in [0.1, 0.15) is 5.75 Å². The maximum absolute atomic E-state index is 13.1. The second kappa shape index (κ2) is 10.3. The average molecular weight is 497 g/mol. The molecule has 184 valence electrons. The highest BCUT2D eigenvalue weighted by atomic mass is 35.5. The molecule has 2 atom stereocenters. The summed E-state index contributed by atoms with van der Waals surface area (Å²) in [6, 6.07) is 6.30. The highest BCUT2D eigenvalue weighted by molar-refractivity contribution is 6.32. The third-order valence-electron chi connectivity index (χ3n) is 6.91. The van der Waals surface area contributed by atoms with E-state index in [2.05, 4.69) is 59.0 Å². The fourth-order valence-electron chi connectivity index (χ4n) is 3.71. The zero-order valence-electron chi connectivity index (χ0n) is 21.2. The number of aliphatic hydroxyl groups is 1. The van der Waals surface area contributed by atoms with Gasteiger partial charge in [-0.05, 0) is 54.7 Å². The van der Waals surface area contributed by atoms with E-state index < -0.39 is 11.0 Å². The van der Waals surface area contributed by atoms with Gasteiger partial charge in [0.15, 0.2) is 11.9 Å². The SMILES string of the molecule is CCC(Oc1ccc(C(C)(C)CC)cc1C(C)(C)CC)C(=O)NC1=CC(C)(Cl)CC(Cl)=C1O. The first kappa shape index (κ1) is 27.6. The molecule has 0 radical (unpaired) electrons. The van der Waals surface area contributed by atoms with E-state index in [1.54, 1.807) is 13.0 Å². The van der Waals surface area contributed by atoms with Gasteiger partial charge in [-0.25, -0.2) is 0 Å². The van der Waals surface area contributed by atoms with Gasteiger partial charge in [0.2, 0.25) is 0 Å². The molecule has 1 aromatic rings. The summed E-state index contributed by atoms with van der Waals surface area (Å²) in [5.74, 6) is 0.196. The molecule has 0 aliphatic heterocycles. The van der Waals surface area contributed by atoms with Crippen LogP contribution in [0, 0.1) is 0 Å². The third-order valence-corrected chi connectivity index (χ3v) is 7.46. The summed E-state index contributed by atoms with van der Waals surface area (Å²) in [6.45, 7) is 16.9. The van der Waals surface area contributed by atoms with Crippen molar-refractivity contribution in [3.63, 3.8) is 0 Å². The maximum Gasteiger partial charge on any atom is 0.265 e. The van der Waals surface area contributed by atoms with Crippen LogP contribution in [0.1, 0.15) is 92.2 Å². The van der Waals surface area contributed by atoms with Crippen molar-refractivity contribution in [3.05, 3.63) is 51.9 Å². The highest BCUT2D eigenvalue weighted by Crippen LogP contribution is 2.39. The van der Waals surface area contributed by atoms with E-state index in [1.807, 2.05) is 13.0 Å². The first-order valence-corrected chi connectivity index (χ1v) is 12.5. The molecule has 4 nitrogen and oxygen atoms in total. The van der Waals surface area contributed by atoms with Crippen LogP contribution < -0.4 is 10.1 Å². The van der Waals surface area contributed by atoms with Crippen LogP contribution >= 0.6 is 23.2 Å². The minimum atomic E-state index is -0.783. The summed E-state index contributed by atoms with van der Waals surface area (Å²) in [4.78, 5) is 12.3. The summed E-state index contributed by atoms with van der Waals surface area (Å²) in [5, 5.41) is 13.3. The van der Waals surface area contributed by atoms with E-state index in [1.165, 1.54) is 5.56 Å². The molecule has 1 aromatic carbocycles. The van der Waals surface area contributed by atoms with E-state index in [0.717, 1.165) is 18.4 Å². The molecule has 0 spiro atoms. The minimum Gasteiger partial charge on any atom is -0.505 e. The summed E-state index contributed by atoms with van der Waals surface area (Å²) >= 11 is 12.6. The zero-order chi connectivity index (χ0) is 25.2. The van der Waals surface area contributed by atoms with Gasteiger partial charge in [-0.15, -0.1) is 11.6 Å². The fourth-order valence-corrected chi connectivity index (χ4v) is 4.41. The van der Waals surface area contributed by atoms with Crippen LogP contribution in [-0.4, -0.2) is 22.0 Å². The van der Waals surface area contributed by atoms with Crippen molar-refractivity contribution in [2.24, 2.45) is 0 Å².